The molecule has 0 atom stereocenters. The van der Waals surface area contributed by atoms with E-state index in [9.17, 15) is 0 Å². The molecular weight excluding hydrogens is 440 g/mol. The Morgan fingerprint density at radius 1 is 0.793 bits per heavy atom. The van der Waals surface area contributed by atoms with Gasteiger partial charge >= 0.3 is 0 Å². The number of likely N-dealkylation sites (N-methyl/N-ethyl adjacent to an activating group) is 1. The summed E-state index contributed by atoms with van der Waals surface area (Å²) in [5.41, 5.74) is 6.32. The van der Waals surface area contributed by atoms with Crippen LogP contribution in [0.5, 0.6) is 5.75 Å². The number of nitrogens with zero attached hydrogens (tertiary/aromatic N) is 1. The quantitative estimate of drug-likeness (QED) is 0.290. The van der Waals surface area contributed by atoms with E-state index in [0.717, 1.165) is 18.7 Å². The zero-order chi connectivity index (χ0) is 19.8. The Kier molecular flexibility index (Phi) is 9.34. The van der Waals surface area contributed by atoms with Crippen molar-refractivity contribution >= 4 is 11.1 Å². The minimum absolute atomic E-state index is 0. The van der Waals surface area contributed by atoms with Gasteiger partial charge in [0.05, 0.1) is 6.61 Å². The Morgan fingerprint density at radius 3 is 1.83 bits per heavy atom. The fourth-order valence-electron chi connectivity index (χ4n) is 3.32. The Bertz CT molecular complexity index is 887. The molecule has 3 aromatic carbocycles. The number of allylic oxidation sites excluding steroid dienone is 1. The summed E-state index contributed by atoms with van der Waals surface area (Å²) >= 11 is 0. The standard InChI is InChI=1S/C26H28NO.Tc/c1-4-25(21-11-7-5-8-12-21)26(22-13-9-6-10-14-22)23-15-17-24(18-16-23)28-20-19-27(2)3;/h5-18H,2,4,19-20H2,1,3H3;/q-1;/b26-25-;. The van der Waals surface area contributed by atoms with E-state index in [1.165, 1.54) is 27.8 Å². The van der Waals surface area contributed by atoms with Gasteiger partial charge < -0.3 is 9.64 Å². The van der Waals surface area contributed by atoms with Crippen LogP contribution < -0.4 is 4.74 Å². The van der Waals surface area contributed by atoms with Crippen molar-refractivity contribution < 1.29 is 24.8 Å². The maximum atomic E-state index is 5.83. The van der Waals surface area contributed by atoms with Crippen LogP contribution in [0.3, 0.4) is 0 Å². The number of ether oxygens (including phenoxy) is 1. The molecule has 2 nitrogen and oxygen atoms in total. The summed E-state index contributed by atoms with van der Waals surface area (Å²) in [6.07, 6.45) is 0.961. The van der Waals surface area contributed by atoms with E-state index in [4.69, 9.17) is 4.74 Å². The molecule has 0 heterocycles. The summed E-state index contributed by atoms with van der Waals surface area (Å²) in [5.74, 6) is 0.885. The number of rotatable bonds is 8. The predicted octanol–water partition coefficient (Wildman–Crippen LogP) is 6.16. The van der Waals surface area contributed by atoms with Crippen molar-refractivity contribution in [2.75, 3.05) is 20.2 Å². The molecule has 29 heavy (non-hydrogen) atoms. The number of hydrogen-bond acceptors (Lipinski definition) is 2. The molecule has 3 rings (SSSR count). The number of hydrogen-bond donors (Lipinski definition) is 0. The third-order valence-corrected chi connectivity index (χ3v) is 4.72. The predicted molar refractivity (Wildman–Crippen MR) is 119 cm³/mol. The molecule has 0 fully saturated rings. The smallest absolute Gasteiger partial charge is 0.119 e. The van der Waals surface area contributed by atoms with Gasteiger partial charge in [-0.2, -0.15) is 0 Å². The van der Waals surface area contributed by atoms with Gasteiger partial charge in [-0.25, -0.2) is 0 Å². The molecule has 1 radical (unpaired) electrons. The monoisotopic (exact) mass is 467 g/mol. The van der Waals surface area contributed by atoms with Crippen molar-refractivity contribution in [1.82, 2.24) is 4.90 Å². The largest absolute Gasteiger partial charge is 0.492 e. The molecule has 151 valence electrons. The van der Waals surface area contributed by atoms with E-state index in [-0.39, 0.29) is 20.1 Å². The fraction of sp³-hybridized carbons (Fsp3) is 0.192. The normalized spacial score (nSPS) is 11.6. The van der Waals surface area contributed by atoms with Crippen LogP contribution in [0.25, 0.3) is 11.1 Å². The topological polar surface area (TPSA) is 12.5 Å². The Balaban J connectivity index is 0.00000300. The van der Waals surface area contributed by atoms with Gasteiger partial charge in [0.25, 0.3) is 0 Å². The summed E-state index contributed by atoms with van der Waals surface area (Å²) in [7, 11) is 5.79. The average Bonchev–Trinajstić information content (AvgIpc) is 2.73. The van der Waals surface area contributed by atoms with Crippen LogP contribution in [-0.2, 0) is 20.1 Å². The van der Waals surface area contributed by atoms with Crippen LogP contribution >= 0.6 is 0 Å². The maximum absolute atomic E-state index is 5.83. The first kappa shape index (κ1) is 23.1. The van der Waals surface area contributed by atoms with Crippen molar-refractivity contribution in [2.45, 2.75) is 13.3 Å². The Labute approximate surface area is 188 Å². The molecule has 0 aliphatic carbocycles. The first-order chi connectivity index (χ1) is 13.7. The van der Waals surface area contributed by atoms with Crippen molar-refractivity contribution in [3.8, 4) is 5.75 Å². The zero-order valence-electron chi connectivity index (χ0n) is 17.1. The third kappa shape index (κ3) is 6.40. The van der Waals surface area contributed by atoms with Crippen molar-refractivity contribution in [3.63, 3.8) is 0 Å². The second-order valence-corrected chi connectivity index (χ2v) is 6.89. The van der Waals surface area contributed by atoms with Gasteiger partial charge in [0.2, 0.25) is 0 Å². The average molecular weight is 469 g/mol. The summed E-state index contributed by atoms with van der Waals surface area (Å²) in [6, 6.07) is 29.7. The van der Waals surface area contributed by atoms with E-state index >= 15 is 0 Å². The van der Waals surface area contributed by atoms with Gasteiger partial charge in [0.15, 0.2) is 0 Å². The van der Waals surface area contributed by atoms with Crippen LogP contribution in [0, 0.1) is 7.05 Å². The molecule has 0 amide bonds. The third-order valence-electron chi connectivity index (χ3n) is 4.72. The minimum Gasteiger partial charge on any atom is -0.492 e. The van der Waals surface area contributed by atoms with Crippen LogP contribution in [0.4, 0.5) is 0 Å². The molecule has 3 heteroatoms. The molecule has 0 N–H and O–H groups in total. The van der Waals surface area contributed by atoms with Crippen LogP contribution in [0.1, 0.15) is 30.0 Å². The number of benzene rings is 3. The van der Waals surface area contributed by atoms with Gasteiger partial charge in [-0.1, -0.05) is 79.7 Å². The molecule has 0 aromatic heterocycles. The second kappa shape index (κ2) is 11.7. The maximum Gasteiger partial charge on any atom is 0.119 e. The molecule has 3 aromatic rings. The summed E-state index contributed by atoms with van der Waals surface area (Å²) in [5, 5.41) is 0. The van der Waals surface area contributed by atoms with Crippen molar-refractivity contribution in [2.24, 2.45) is 0 Å². The van der Waals surface area contributed by atoms with Gasteiger partial charge in [0, 0.05) is 26.7 Å². The van der Waals surface area contributed by atoms with Crippen molar-refractivity contribution in [3.05, 3.63) is 109 Å². The van der Waals surface area contributed by atoms with Crippen LogP contribution in [0.2, 0.25) is 0 Å². The molecule has 0 bridgehead atoms. The fourth-order valence-corrected chi connectivity index (χ4v) is 3.32. The van der Waals surface area contributed by atoms with Gasteiger partial charge in [-0.15, -0.1) is 0 Å². The van der Waals surface area contributed by atoms with E-state index in [1.807, 2.05) is 11.9 Å². The molecular formula is C26H28NOTc-. The Morgan fingerprint density at radius 2 is 1.31 bits per heavy atom. The molecule has 0 aliphatic heterocycles. The molecule has 0 saturated carbocycles. The zero-order valence-corrected chi connectivity index (χ0v) is 19.0. The van der Waals surface area contributed by atoms with Gasteiger partial charge in [-0.3, -0.25) is 7.05 Å². The Hall–Kier alpha value is -2.19. The van der Waals surface area contributed by atoms with Gasteiger partial charge in [-0.05, 0) is 53.4 Å². The van der Waals surface area contributed by atoms with Gasteiger partial charge in [0.1, 0.15) is 5.75 Å². The van der Waals surface area contributed by atoms with Crippen LogP contribution in [0.15, 0.2) is 84.9 Å². The first-order valence-electron chi connectivity index (χ1n) is 9.78. The van der Waals surface area contributed by atoms with E-state index in [0.29, 0.717) is 6.61 Å². The molecule has 0 unspecified atom stereocenters. The SMILES string of the molecule is [CH2-]N(C)CCOc1ccc(/C(=C(/CC)c2ccccc2)c2ccccc2)cc1.[Tc]. The second-order valence-electron chi connectivity index (χ2n) is 6.89. The molecule has 0 saturated heterocycles. The minimum atomic E-state index is 0. The molecule has 0 spiro atoms. The van der Waals surface area contributed by atoms with Crippen molar-refractivity contribution in [1.29, 1.82) is 0 Å². The van der Waals surface area contributed by atoms with E-state index < -0.39 is 0 Å². The summed E-state index contributed by atoms with van der Waals surface area (Å²) in [4.78, 5) is 1.87. The summed E-state index contributed by atoms with van der Waals surface area (Å²) < 4.78 is 5.83. The first-order valence-corrected chi connectivity index (χ1v) is 9.78. The van der Waals surface area contributed by atoms with E-state index in [2.05, 4.69) is 98.9 Å². The van der Waals surface area contributed by atoms with Crippen LogP contribution in [-0.4, -0.2) is 25.1 Å². The summed E-state index contributed by atoms with van der Waals surface area (Å²) in [6.45, 7) is 3.65. The van der Waals surface area contributed by atoms with E-state index in [1.54, 1.807) is 0 Å². The molecule has 0 aliphatic rings.